The zero-order chi connectivity index (χ0) is 16.7. The van der Waals surface area contributed by atoms with E-state index >= 15 is 0 Å². The number of rotatable bonds is 5. The van der Waals surface area contributed by atoms with Crippen LogP contribution in [0.4, 0.5) is 0 Å². The summed E-state index contributed by atoms with van der Waals surface area (Å²) in [6.07, 6.45) is 0. The minimum absolute atomic E-state index is 0.414. The summed E-state index contributed by atoms with van der Waals surface area (Å²) in [6.45, 7) is 1.26. The van der Waals surface area contributed by atoms with Gasteiger partial charge in [0.05, 0.1) is 6.54 Å². The third-order valence-corrected chi connectivity index (χ3v) is 3.37. The standard InChI is InChI=1S/C18H22N4O/c1-22(2)18(20-12-14-6-4-3-5-7-14)21-13-15-8-10-16(11-9-15)17(19)23/h3-11H,12-13H2,1-2H3,(H2,19,23)(H,20,21). The van der Waals surface area contributed by atoms with Gasteiger partial charge in [0.25, 0.3) is 0 Å². The number of hydrogen-bond acceptors (Lipinski definition) is 2. The van der Waals surface area contributed by atoms with Crippen molar-refractivity contribution in [3.05, 3.63) is 71.3 Å². The average Bonchev–Trinajstić information content (AvgIpc) is 2.56. The van der Waals surface area contributed by atoms with Gasteiger partial charge in [-0.1, -0.05) is 42.5 Å². The number of carbonyl (C=O) groups excluding carboxylic acids is 1. The van der Waals surface area contributed by atoms with E-state index in [0.717, 1.165) is 11.5 Å². The Bertz CT molecular complexity index is 663. The molecule has 0 heterocycles. The predicted octanol–water partition coefficient (Wildman–Crippen LogP) is 1.99. The number of primary amides is 1. The third kappa shape index (κ3) is 5.14. The normalized spacial score (nSPS) is 11.1. The minimum Gasteiger partial charge on any atom is -0.366 e. The first-order valence-electron chi connectivity index (χ1n) is 7.44. The van der Waals surface area contributed by atoms with Crippen molar-refractivity contribution in [3.63, 3.8) is 0 Å². The van der Waals surface area contributed by atoms with Gasteiger partial charge in [0.2, 0.25) is 5.91 Å². The molecule has 120 valence electrons. The summed E-state index contributed by atoms with van der Waals surface area (Å²) >= 11 is 0. The fraction of sp³-hybridized carbons (Fsp3) is 0.222. The lowest BCUT2D eigenvalue weighted by atomic mass is 10.1. The third-order valence-electron chi connectivity index (χ3n) is 3.37. The Labute approximate surface area is 136 Å². The molecule has 0 spiro atoms. The first-order valence-corrected chi connectivity index (χ1v) is 7.44. The fourth-order valence-corrected chi connectivity index (χ4v) is 2.07. The topological polar surface area (TPSA) is 70.7 Å². The molecule has 5 nitrogen and oxygen atoms in total. The van der Waals surface area contributed by atoms with Crippen molar-refractivity contribution in [2.24, 2.45) is 10.7 Å². The van der Waals surface area contributed by atoms with Crippen LogP contribution >= 0.6 is 0 Å². The lowest BCUT2D eigenvalue weighted by molar-refractivity contribution is 0.100. The molecule has 0 saturated heterocycles. The van der Waals surface area contributed by atoms with Crippen molar-refractivity contribution in [1.29, 1.82) is 0 Å². The predicted molar refractivity (Wildman–Crippen MR) is 93.1 cm³/mol. The minimum atomic E-state index is -0.414. The first kappa shape index (κ1) is 16.5. The second kappa shape index (κ2) is 7.98. The Balaban J connectivity index is 1.98. The lowest BCUT2D eigenvalue weighted by Gasteiger charge is -2.18. The van der Waals surface area contributed by atoms with E-state index < -0.39 is 5.91 Å². The van der Waals surface area contributed by atoms with E-state index in [0.29, 0.717) is 18.7 Å². The molecule has 0 atom stereocenters. The quantitative estimate of drug-likeness (QED) is 0.655. The number of amides is 1. The molecular weight excluding hydrogens is 288 g/mol. The molecule has 0 unspecified atom stereocenters. The zero-order valence-electron chi connectivity index (χ0n) is 13.5. The summed E-state index contributed by atoms with van der Waals surface area (Å²) in [5.41, 5.74) is 7.98. The Morgan fingerprint density at radius 1 is 1.04 bits per heavy atom. The van der Waals surface area contributed by atoms with Crippen LogP contribution in [0.2, 0.25) is 0 Å². The van der Waals surface area contributed by atoms with Gasteiger partial charge in [-0.3, -0.25) is 4.79 Å². The smallest absolute Gasteiger partial charge is 0.248 e. The van der Waals surface area contributed by atoms with Gasteiger partial charge in [-0.2, -0.15) is 0 Å². The van der Waals surface area contributed by atoms with Crippen LogP contribution in [0.5, 0.6) is 0 Å². The highest BCUT2D eigenvalue weighted by molar-refractivity contribution is 5.92. The van der Waals surface area contributed by atoms with Gasteiger partial charge >= 0.3 is 0 Å². The van der Waals surface area contributed by atoms with Crippen molar-refractivity contribution in [3.8, 4) is 0 Å². The molecule has 0 aliphatic carbocycles. The summed E-state index contributed by atoms with van der Waals surface area (Å²) in [5, 5.41) is 3.31. The number of guanidine groups is 1. The van der Waals surface area contributed by atoms with Crippen LogP contribution in [0.15, 0.2) is 59.6 Å². The molecule has 0 bridgehead atoms. The molecule has 3 N–H and O–H groups in total. The molecule has 2 aromatic carbocycles. The van der Waals surface area contributed by atoms with E-state index in [4.69, 9.17) is 5.73 Å². The van der Waals surface area contributed by atoms with Crippen LogP contribution in [-0.4, -0.2) is 30.9 Å². The van der Waals surface area contributed by atoms with E-state index in [-0.39, 0.29) is 0 Å². The van der Waals surface area contributed by atoms with Gasteiger partial charge in [-0.15, -0.1) is 0 Å². The molecule has 1 amide bonds. The molecule has 0 aliphatic heterocycles. The van der Waals surface area contributed by atoms with E-state index in [1.54, 1.807) is 12.1 Å². The maximum atomic E-state index is 11.1. The lowest BCUT2D eigenvalue weighted by Crippen LogP contribution is -2.36. The number of benzene rings is 2. The highest BCUT2D eigenvalue weighted by Crippen LogP contribution is 2.04. The Hall–Kier alpha value is -2.82. The van der Waals surface area contributed by atoms with Crippen molar-refractivity contribution >= 4 is 11.9 Å². The molecule has 2 aromatic rings. The van der Waals surface area contributed by atoms with E-state index in [9.17, 15) is 4.79 Å². The molecule has 0 fully saturated rings. The van der Waals surface area contributed by atoms with Gasteiger partial charge in [0.15, 0.2) is 5.96 Å². The maximum Gasteiger partial charge on any atom is 0.248 e. The number of carbonyl (C=O) groups is 1. The molecule has 0 radical (unpaired) electrons. The largest absolute Gasteiger partial charge is 0.366 e. The molecular formula is C18H22N4O. The van der Waals surface area contributed by atoms with Crippen molar-refractivity contribution < 1.29 is 4.79 Å². The van der Waals surface area contributed by atoms with E-state index in [2.05, 4.69) is 22.4 Å². The van der Waals surface area contributed by atoms with Crippen LogP contribution < -0.4 is 11.1 Å². The van der Waals surface area contributed by atoms with Crippen LogP contribution in [-0.2, 0) is 13.1 Å². The number of nitrogens with zero attached hydrogens (tertiary/aromatic N) is 2. The number of nitrogens with two attached hydrogens (primary N) is 1. The second-order valence-electron chi connectivity index (χ2n) is 5.43. The van der Waals surface area contributed by atoms with Crippen LogP contribution in [0.1, 0.15) is 21.5 Å². The van der Waals surface area contributed by atoms with E-state index in [1.807, 2.05) is 49.3 Å². The Morgan fingerprint density at radius 2 is 1.70 bits per heavy atom. The van der Waals surface area contributed by atoms with Crippen LogP contribution in [0.3, 0.4) is 0 Å². The Kier molecular flexibility index (Phi) is 5.74. The van der Waals surface area contributed by atoms with Crippen LogP contribution in [0, 0.1) is 0 Å². The van der Waals surface area contributed by atoms with Crippen LogP contribution in [0.25, 0.3) is 0 Å². The van der Waals surface area contributed by atoms with Gasteiger partial charge < -0.3 is 16.0 Å². The SMILES string of the molecule is CN(C)C(=NCc1ccccc1)NCc1ccc(C(N)=O)cc1. The van der Waals surface area contributed by atoms with E-state index in [1.165, 1.54) is 5.56 Å². The summed E-state index contributed by atoms with van der Waals surface area (Å²) in [5.74, 6) is 0.399. The molecule has 0 aliphatic rings. The number of aliphatic imine (C=N–C) groups is 1. The number of hydrogen-bond donors (Lipinski definition) is 2. The highest BCUT2D eigenvalue weighted by Gasteiger charge is 2.03. The second-order valence-corrected chi connectivity index (χ2v) is 5.43. The molecule has 23 heavy (non-hydrogen) atoms. The number of nitrogens with one attached hydrogen (secondary N) is 1. The molecule has 0 saturated carbocycles. The zero-order valence-corrected chi connectivity index (χ0v) is 13.5. The summed E-state index contributed by atoms with van der Waals surface area (Å²) in [6, 6.07) is 17.4. The van der Waals surface area contributed by atoms with Gasteiger partial charge in [0, 0.05) is 26.2 Å². The monoisotopic (exact) mass is 310 g/mol. The van der Waals surface area contributed by atoms with Gasteiger partial charge in [-0.25, -0.2) is 4.99 Å². The summed E-state index contributed by atoms with van der Waals surface area (Å²) < 4.78 is 0. The van der Waals surface area contributed by atoms with Gasteiger partial charge in [-0.05, 0) is 23.3 Å². The highest BCUT2D eigenvalue weighted by atomic mass is 16.1. The maximum absolute atomic E-state index is 11.1. The summed E-state index contributed by atoms with van der Waals surface area (Å²) in [7, 11) is 3.90. The summed E-state index contributed by atoms with van der Waals surface area (Å²) in [4.78, 5) is 17.6. The van der Waals surface area contributed by atoms with Gasteiger partial charge in [0.1, 0.15) is 0 Å². The average molecular weight is 310 g/mol. The van der Waals surface area contributed by atoms with Crippen molar-refractivity contribution in [2.45, 2.75) is 13.1 Å². The van der Waals surface area contributed by atoms with Crippen molar-refractivity contribution in [2.75, 3.05) is 14.1 Å². The first-order chi connectivity index (χ1) is 11.1. The van der Waals surface area contributed by atoms with Crippen molar-refractivity contribution in [1.82, 2.24) is 10.2 Å². The molecule has 0 aromatic heterocycles. The Morgan fingerprint density at radius 3 is 2.26 bits per heavy atom. The fourth-order valence-electron chi connectivity index (χ4n) is 2.07. The molecule has 5 heteroatoms. The molecule has 2 rings (SSSR count).